The minimum absolute atomic E-state index is 0.359. The first kappa shape index (κ1) is 14.6. The van der Waals surface area contributed by atoms with Gasteiger partial charge in [0.1, 0.15) is 0 Å². The van der Waals surface area contributed by atoms with Gasteiger partial charge in [0.25, 0.3) is 0 Å². The molecule has 0 N–H and O–H groups in total. The second-order valence-electron chi connectivity index (χ2n) is 6.27. The number of aromatic nitrogens is 2. The fourth-order valence-corrected chi connectivity index (χ4v) is 2.30. The Labute approximate surface area is 130 Å². The summed E-state index contributed by atoms with van der Waals surface area (Å²) in [5.74, 6) is 0. The van der Waals surface area contributed by atoms with Crippen molar-refractivity contribution in [3.05, 3.63) is 41.8 Å². The highest BCUT2D eigenvalue weighted by atomic mass is 35.5. The van der Waals surface area contributed by atoms with Gasteiger partial charge in [-0.1, -0.05) is 11.6 Å². The molecule has 0 radical (unpaired) electrons. The lowest BCUT2D eigenvalue weighted by Gasteiger charge is -2.32. The van der Waals surface area contributed by atoms with E-state index in [2.05, 4.69) is 4.98 Å². The molecule has 0 bridgehead atoms. The van der Waals surface area contributed by atoms with E-state index in [4.69, 9.17) is 20.9 Å². The van der Waals surface area contributed by atoms with Crippen molar-refractivity contribution in [2.24, 2.45) is 0 Å². The van der Waals surface area contributed by atoms with Gasteiger partial charge >= 0.3 is 7.12 Å². The molecule has 6 heteroatoms. The number of nitrogens with zero attached hydrogens (tertiary/aromatic N) is 2. The number of halogens is 1. The fraction of sp³-hybridized carbons (Fsp3) is 0.400. The highest BCUT2D eigenvalue weighted by Gasteiger charge is 2.52. The van der Waals surface area contributed by atoms with Gasteiger partial charge in [0.2, 0.25) is 0 Å². The molecule has 0 aliphatic carbocycles. The lowest BCUT2D eigenvalue weighted by molar-refractivity contribution is 0.00578. The molecule has 0 unspecified atom stereocenters. The molecule has 2 aromatic rings. The summed E-state index contributed by atoms with van der Waals surface area (Å²) in [4.78, 5) is 4.41. The molecule has 1 aromatic carbocycles. The van der Waals surface area contributed by atoms with Gasteiger partial charge in [-0.3, -0.25) is 0 Å². The van der Waals surface area contributed by atoms with E-state index in [9.17, 15) is 0 Å². The highest BCUT2D eigenvalue weighted by Crippen LogP contribution is 2.36. The van der Waals surface area contributed by atoms with Crippen molar-refractivity contribution in [2.75, 3.05) is 0 Å². The van der Waals surface area contributed by atoms with Crippen LogP contribution in [-0.4, -0.2) is 27.9 Å². The zero-order valence-corrected chi connectivity index (χ0v) is 13.4. The standard InChI is InChI=1S/C15H18BClN2O2/c1-14(2)15(3,4)21-16(20-14)13-9-19(10-18-13)12-7-5-11(17)6-8-12/h5-10H,1-4H3. The maximum absolute atomic E-state index is 6.00. The van der Waals surface area contributed by atoms with Crippen LogP contribution >= 0.6 is 11.6 Å². The second-order valence-corrected chi connectivity index (χ2v) is 6.71. The van der Waals surface area contributed by atoms with Crippen LogP contribution < -0.4 is 5.59 Å². The molecule has 0 amide bonds. The minimum Gasteiger partial charge on any atom is -0.398 e. The van der Waals surface area contributed by atoms with Gasteiger partial charge in [-0.05, 0) is 52.0 Å². The van der Waals surface area contributed by atoms with Crippen LogP contribution in [0.5, 0.6) is 0 Å². The molecule has 1 saturated heterocycles. The Balaban J connectivity index is 1.85. The predicted molar refractivity (Wildman–Crippen MR) is 84.3 cm³/mol. The molecule has 0 atom stereocenters. The summed E-state index contributed by atoms with van der Waals surface area (Å²) in [6.45, 7) is 8.12. The van der Waals surface area contributed by atoms with Crippen molar-refractivity contribution in [1.82, 2.24) is 9.55 Å². The quantitative estimate of drug-likeness (QED) is 0.801. The second kappa shape index (κ2) is 4.87. The maximum Gasteiger partial charge on any atom is 0.516 e. The van der Waals surface area contributed by atoms with E-state index in [1.807, 2.05) is 62.7 Å². The first-order chi connectivity index (χ1) is 9.78. The van der Waals surface area contributed by atoms with Crippen LogP contribution in [0.4, 0.5) is 0 Å². The molecule has 110 valence electrons. The number of hydrogen-bond donors (Lipinski definition) is 0. The third-order valence-corrected chi connectivity index (χ3v) is 4.47. The molecule has 1 fully saturated rings. The Morgan fingerprint density at radius 1 is 1.05 bits per heavy atom. The Morgan fingerprint density at radius 3 is 2.19 bits per heavy atom. The highest BCUT2D eigenvalue weighted by molar-refractivity contribution is 6.61. The zero-order chi connectivity index (χ0) is 15.3. The van der Waals surface area contributed by atoms with E-state index in [1.165, 1.54) is 0 Å². The van der Waals surface area contributed by atoms with Gasteiger partial charge in [0.05, 0.1) is 23.1 Å². The molecule has 0 saturated carbocycles. The first-order valence-corrected chi connectivity index (χ1v) is 7.32. The van der Waals surface area contributed by atoms with Crippen molar-refractivity contribution < 1.29 is 9.31 Å². The van der Waals surface area contributed by atoms with Crippen LogP contribution in [0.1, 0.15) is 27.7 Å². The van der Waals surface area contributed by atoms with Crippen molar-refractivity contribution in [1.29, 1.82) is 0 Å². The summed E-state index contributed by atoms with van der Waals surface area (Å²) in [5.41, 5.74) is 1.04. The Morgan fingerprint density at radius 2 is 1.62 bits per heavy atom. The molecule has 1 aromatic heterocycles. The van der Waals surface area contributed by atoms with Crippen LogP contribution in [-0.2, 0) is 9.31 Å². The summed E-state index contributed by atoms with van der Waals surface area (Å²) in [7, 11) is -0.441. The molecular formula is C15H18BClN2O2. The molecule has 1 aliphatic rings. The van der Waals surface area contributed by atoms with Gasteiger partial charge in [-0.2, -0.15) is 0 Å². The van der Waals surface area contributed by atoms with Crippen LogP contribution in [0.25, 0.3) is 5.69 Å². The van der Waals surface area contributed by atoms with Crippen molar-refractivity contribution >= 4 is 24.3 Å². The van der Waals surface area contributed by atoms with Crippen LogP contribution in [0, 0.1) is 0 Å². The smallest absolute Gasteiger partial charge is 0.398 e. The monoisotopic (exact) mass is 304 g/mol. The fourth-order valence-electron chi connectivity index (χ4n) is 2.18. The average molecular weight is 305 g/mol. The molecule has 4 nitrogen and oxygen atoms in total. The van der Waals surface area contributed by atoms with Crippen molar-refractivity contribution in [3.63, 3.8) is 0 Å². The summed E-state index contributed by atoms with van der Waals surface area (Å²) >= 11 is 5.91. The maximum atomic E-state index is 6.00. The summed E-state index contributed by atoms with van der Waals surface area (Å²) < 4.78 is 13.9. The van der Waals surface area contributed by atoms with Gasteiger partial charge in [-0.25, -0.2) is 4.98 Å². The molecule has 2 heterocycles. The topological polar surface area (TPSA) is 36.3 Å². The third kappa shape index (κ3) is 2.61. The Bertz CT molecular complexity index is 636. The SMILES string of the molecule is CC1(C)OB(c2cn(-c3ccc(Cl)cc3)cn2)OC1(C)C. The van der Waals surface area contributed by atoms with E-state index < -0.39 is 7.12 Å². The number of rotatable bonds is 2. The minimum atomic E-state index is -0.441. The van der Waals surface area contributed by atoms with Gasteiger partial charge in [-0.15, -0.1) is 0 Å². The van der Waals surface area contributed by atoms with Crippen LogP contribution in [0.3, 0.4) is 0 Å². The largest absolute Gasteiger partial charge is 0.516 e. The van der Waals surface area contributed by atoms with E-state index in [0.29, 0.717) is 5.02 Å². The zero-order valence-electron chi connectivity index (χ0n) is 12.6. The Hall–Kier alpha value is -1.30. The van der Waals surface area contributed by atoms with Gasteiger partial charge in [0, 0.05) is 16.9 Å². The van der Waals surface area contributed by atoms with Crippen LogP contribution in [0.2, 0.25) is 5.02 Å². The van der Waals surface area contributed by atoms with Gasteiger partial charge in [0.15, 0.2) is 0 Å². The van der Waals surface area contributed by atoms with E-state index in [0.717, 1.165) is 11.3 Å². The Kier molecular flexibility index (Phi) is 3.39. The lowest BCUT2D eigenvalue weighted by Crippen LogP contribution is -2.41. The van der Waals surface area contributed by atoms with E-state index in [-0.39, 0.29) is 11.2 Å². The van der Waals surface area contributed by atoms with E-state index >= 15 is 0 Å². The molecule has 0 spiro atoms. The summed E-state index contributed by atoms with van der Waals surface area (Å²) in [5, 5.41) is 0.713. The lowest BCUT2D eigenvalue weighted by atomic mass is 9.86. The average Bonchev–Trinajstić information content (AvgIpc) is 2.94. The molecular weight excluding hydrogens is 286 g/mol. The third-order valence-electron chi connectivity index (χ3n) is 4.22. The van der Waals surface area contributed by atoms with Crippen molar-refractivity contribution in [3.8, 4) is 5.69 Å². The summed E-state index contributed by atoms with van der Waals surface area (Å²) in [6, 6.07) is 7.59. The normalized spacial score (nSPS) is 20.0. The number of benzene rings is 1. The predicted octanol–water partition coefficient (Wildman–Crippen LogP) is 2.82. The van der Waals surface area contributed by atoms with Crippen molar-refractivity contribution in [2.45, 2.75) is 38.9 Å². The molecule has 3 rings (SSSR count). The van der Waals surface area contributed by atoms with E-state index in [1.54, 1.807) is 6.33 Å². The summed E-state index contributed by atoms with van der Waals surface area (Å²) in [6.07, 6.45) is 3.68. The molecule has 21 heavy (non-hydrogen) atoms. The molecule has 1 aliphatic heterocycles. The van der Waals surface area contributed by atoms with Gasteiger partial charge < -0.3 is 13.9 Å². The van der Waals surface area contributed by atoms with Crippen LogP contribution in [0.15, 0.2) is 36.8 Å². The first-order valence-electron chi connectivity index (χ1n) is 6.94. The number of imidazole rings is 1. The number of hydrogen-bond acceptors (Lipinski definition) is 3.